The predicted molar refractivity (Wildman–Crippen MR) is 290 cm³/mol. The molecule has 1 saturated carbocycles. The van der Waals surface area contributed by atoms with Crippen LogP contribution in [0.3, 0.4) is 0 Å². The van der Waals surface area contributed by atoms with E-state index in [2.05, 4.69) is 51.5 Å². The number of β-amino-alcohol motifs (C(OH)–C–C–N with tert-alkyl or cyclic N) is 1. The largest absolute Gasteiger partial charge is 0.507 e. The number of para-hydroxylation sites is 1. The first-order chi connectivity index (χ1) is 37.7. The van der Waals surface area contributed by atoms with Crippen LogP contribution in [0.2, 0.25) is 0 Å². The van der Waals surface area contributed by atoms with Crippen LogP contribution < -0.4 is 30.3 Å². The van der Waals surface area contributed by atoms with E-state index in [1.807, 2.05) is 70.3 Å². The van der Waals surface area contributed by atoms with Gasteiger partial charge in [-0.05, 0) is 86.5 Å². The van der Waals surface area contributed by atoms with Crippen LogP contribution in [0.5, 0.6) is 17.5 Å². The number of nitrogens with zero attached hydrogens (tertiary/aromatic N) is 10. The number of benzene rings is 1. The van der Waals surface area contributed by atoms with Crippen molar-refractivity contribution in [2.45, 2.75) is 127 Å². The van der Waals surface area contributed by atoms with Gasteiger partial charge in [-0.25, -0.2) is 9.97 Å². The lowest BCUT2D eigenvalue weighted by Crippen LogP contribution is -2.54. The van der Waals surface area contributed by atoms with Crippen LogP contribution in [0.4, 0.5) is 17.2 Å². The van der Waals surface area contributed by atoms with Crippen LogP contribution in [0.15, 0.2) is 83.1 Å². The normalized spacial score (nSPS) is 23.1. The number of carbonyl (C=O) groups excluding carboxylic acids is 3. The van der Waals surface area contributed by atoms with Gasteiger partial charge >= 0.3 is 0 Å². The number of anilines is 3. The summed E-state index contributed by atoms with van der Waals surface area (Å²) in [6.07, 6.45) is 7.84. The number of hydrogen-bond acceptors (Lipinski definition) is 19. The molecule has 0 radical (unpaired) electrons. The number of hydrogen-bond donors (Lipinski definition) is 4. The van der Waals surface area contributed by atoms with Crippen molar-refractivity contribution < 1.29 is 43.3 Å². The van der Waals surface area contributed by atoms with E-state index >= 15 is 0 Å². The number of nitrogen functional groups attached to an aromatic ring is 1. The fraction of sp³-hybridized carbons (Fsp3) is 0.482. The number of likely N-dealkylation sites (tertiary alicyclic amines) is 2. The maximum Gasteiger partial charge on any atom is 0.260 e. The number of aliphatic hydroxyl groups is 1. The van der Waals surface area contributed by atoms with E-state index in [1.54, 1.807) is 28.7 Å². The summed E-state index contributed by atoms with van der Waals surface area (Å²) >= 11 is 1.52. The average molecular weight is 1080 g/mol. The third-order valence-corrected chi connectivity index (χ3v) is 16.9. The van der Waals surface area contributed by atoms with Gasteiger partial charge in [0.15, 0.2) is 18.2 Å². The highest BCUT2D eigenvalue weighted by atomic mass is 32.1. The quantitative estimate of drug-likeness (QED) is 0.0807. The molecule has 78 heavy (non-hydrogen) atoms. The number of piperidine rings is 1. The van der Waals surface area contributed by atoms with E-state index in [0.717, 1.165) is 72.0 Å². The van der Waals surface area contributed by atoms with E-state index < -0.39 is 24.1 Å². The lowest BCUT2D eigenvalue weighted by molar-refractivity contribution is -0.141. The predicted octanol–water partition coefficient (Wildman–Crippen LogP) is 6.07. The van der Waals surface area contributed by atoms with Gasteiger partial charge in [0.2, 0.25) is 17.7 Å². The van der Waals surface area contributed by atoms with Crippen molar-refractivity contribution in [1.29, 1.82) is 0 Å². The smallest absolute Gasteiger partial charge is 0.260 e. The zero-order valence-corrected chi connectivity index (χ0v) is 45.0. The molecule has 6 atom stereocenters. The van der Waals surface area contributed by atoms with Gasteiger partial charge in [-0.2, -0.15) is 0 Å². The fourth-order valence-electron chi connectivity index (χ4n) is 11.7. The molecule has 1 aromatic carbocycles. The van der Waals surface area contributed by atoms with Gasteiger partial charge in [-0.3, -0.25) is 19.4 Å². The minimum atomic E-state index is -0.898. The molecule has 22 heteroatoms. The molecule has 2 bridgehead atoms. The number of aromatic hydroxyl groups is 1. The number of piperazine rings is 1. The molecular weight excluding hydrogens is 1020 g/mol. The van der Waals surface area contributed by atoms with Gasteiger partial charge < -0.3 is 59.6 Å². The molecule has 4 aliphatic heterocycles. The maximum absolute atomic E-state index is 14.2. The van der Waals surface area contributed by atoms with Crippen LogP contribution in [0.1, 0.15) is 94.7 Å². The number of rotatable bonds is 17. The summed E-state index contributed by atoms with van der Waals surface area (Å²) < 4.78 is 24.3. The van der Waals surface area contributed by atoms with Gasteiger partial charge in [0, 0.05) is 99.8 Å². The van der Waals surface area contributed by atoms with Gasteiger partial charge in [-0.15, -0.1) is 21.5 Å². The van der Waals surface area contributed by atoms with Crippen molar-refractivity contribution in [2.75, 3.05) is 54.9 Å². The summed E-state index contributed by atoms with van der Waals surface area (Å²) in [5.41, 5.74) is 13.8. The van der Waals surface area contributed by atoms with Crippen molar-refractivity contribution in [2.24, 2.45) is 5.92 Å². The number of pyridine rings is 2. The molecule has 11 rings (SSSR count). The second-order valence-electron chi connectivity index (χ2n) is 21.6. The Kier molecular flexibility index (Phi) is 15.2. The number of phenols is 1. The zero-order valence-electron chi connectivity index (χ0n) is 44.2. The molecule has 1 aliphatic carbocycles. The van der Waals surface area contributed by atoms with Crippen molar-refractivity contribution >= 4 is 46.3 Å². The number of phenolic OH excluding ortho intramolecular Hbond substituents is 1. The van der Waals surface area contributed by atoms with Crippen molar-refractivity contribution in [3.63, 3.8) is 0 Å². The topological polar surface area (TPSA) is 261 Å². The van der Waals surface area contributed by atoms with Crippen LogP contribution in [0, 0.1) is 12.8 Å². The van der Waals surface area contributed by atoms with E-state index in [-0.39, 0.29) is 91.0 Å². The third kappa shape index (κ3) is 11.1. The molecule has 3 amide bonds. The number of fused-ring (bicyclic) bond motifs is 2. The molecule has 5 fully saturated rings. The summed E-state index contributed by atoms with van der Waals surface area (Å²) in [5.74, 6) is -0.601. The Morgan fingerprint density at radius 2 is 1.65 bits per heavy atom. The summed E-state index contributed by atoms with van der Waals surface area (Å²) in [5, 5.41) is 36.8. The molecule has 1 unspecified atom stereocenters. The molecule has 9 heterocycles. The molecule has 0 spiro atoms. The first kappa shape index (κ1) is 52.6. The number of carbonyl (C=O) groups is 3. The molecule has 6 aromatic rings. The number of ether oxygens (including phenoxy) is 3. The number of amides is 3. The minimum absolute atomic E-state index is 0.00467. The van der Waals surface area contributed by atoms with E-state index in [0.29, 0.717) is 48.9 Å². The van der Waals surface area contributed by atoms with Crippen LogP contribution in [0.25, 0.3) is 21.8 Å². The number of nitrogens with one attached hydrogen (secondary N) is 1. The Bertz CT molecular complexity index is 3090. The number of aliphatic hydroxyl groups excluding tert-OH is 1. The summed E-state index contributed by atoms with van der Waals surface area (Å²) in [7, 11) is 0. The Labute approximate surface area is 456 Å². The second kappa shape index (κ2) is 22.5. The third-order valence-electron chi connectivity index (χ3n) is 15.9. The first-order valence-corrected chi connectivity index (χ1v) is 27.9. The Morgan fingerprint density at radius 3 is 2.37 bits per heavy atom. The summed E-state index contributed by atoms with van der Waals surface area (Å²) in [6.45, 7) is 9.86. The van der Waals surface area contributed by atoms with Crippen LogP contribution in [-0.4, -0.2) is 150 Å². The number of aromatic nitrogens is 6. The average Bonchev–Trinajstić information content (AvgIpc) is 4.31. The molecular formula is C56H66N12O9S. The van der Waals surface area contributed by atoms with Crippen molar-refractivity contribution in [3.8, 4) is 39.3 Å². The van der Waals surface area contributed by atoms with Crippen molar-refractivity contribution in [3.05, 3.63) is 95.6 Å². The minimum Gasteiger partial charge on any atom is -0.507 e. The summed E-state index contributed by atoms with van der Waals surface area (Å²) in [6, 6.07) is 17.7. The van der Waals surface area contributed by atoms with Crippen molar-refractivity contribution in [1.82, 2.24) is 45.4 Å². The Hall–Kier alpha value is -7.43. The Morgan fingerprint density at radius 1 is 0.872 bits per heavy atom. The van der Waals surface area contributed by atoms with E-state index in [1.165, 1.54) is 22.3 Å². The SMILES string of the molecule is Cc1ncsc1-c1ccc([C@H](C)NC(=O)[C@@H]2C[C@@H](O)CN2C(=O)[C@H](c2cc(OCC(=O)N3CCC(OC4CC(Oc5cc(N6C7CC[C@@H]6CN(c6cc(-c8ccccc8O)nnc6N)C7)ccn5)C4)CC3)no2)C(C)C)cn1. The van der Waals surface area contributed by atoms with Gasteiger partial charge in [0.05, 0.1) is 57.5 Å². The van der Waals surface area contributed by atoms with E-state index in [4.69, 9.17) is 24.5 Å². The Balaban J connectivity index is 0.611. The monoisotopic (exact) mass is 1080 g/mol. The second-order valence-corrected chi connectivity index (χ2v) is 22.4. The molecule has 410 valence electrons. The number of thiazole rings is 1. The molecule has 5 aliphatic rings. The highest BCUT2D eigenvalue weighted by Gasteiger charge is 2.45. The molecule has 5 N–H and O–H groups in total. The van der Waals surface area contributed by atoms with Crippen LogP contribution in [-0.2, 0) is 19.1 Å². The lowest BCUT2D eigenvalue weighted by Gasteiger charge is -2.43. The highest BCUT2D eigenvalue weighted by Crippen LogP contribution is 2.41. The standard InChI is InChI=1S/C56H66N12O9S/c1-31(2)52(56(73)67-28-38(69)20-46(67)55(72)61-32(3)34-9-12-43(59-25-34)53-33(4)60-30-78-53)48-24-50(64-77-48)74-29-51(71)65-17-14-39(15-18-65)75-40-21-41(22-40)76-49-19-35(13-16-58-49)68-36-10-11-37(68)27-66(26-36)45-23-44(62-63-54(45)57)42-7-5-6-8-47(42)70/h5-9,12-13,16,19,23-25,30-32,36-41,46,52,69-70H,10-11,14-15,17-18,20-22,26-29H2,1-4H3,(H2,57,63)(H,61,72)/t32-,36+,37?,38+,40?,41?,46-,52-/m0/s1. The summed E-state index contributed by atoms with van der Waals surface area (Å²) in [4.78, 5) is 63.7. The number of aryl methyl sites for hydroxylation is 1. The lowest BCUT2D eigenvalue weighted by atomic mass is 9.91. The maximum atomic E-state index is 14.2. The van der Waals surface area contributed by atoms with Gasteiger partial charge in [-0.1, -0.05) is 32.0 Å². The zero-order chi connectivity index (χ0) is 54.2. The fourth-order valence-corrected chi connectivity index (χ4v) is 12.5. The molecule has 21 nitrogen and oxygen atoms in total. The van der Waals surface area contributed by atoms with Gasteiger partial charge in [0.25, 0.3) is 11.8 Å². The van der Waals surface area contributed by atoms with Crippen LogP contribution >= 0.6 is 11.3 Å². The number of nitrogens with two attached hydrogens (primary N) is 1. The highest BCUT2D eigenvalue weighted by molar-refractivity contribution is 7.13. The van der Waals surface area contributed by atoms with E-state index in [9.17, 15) is 24.6 Å². The molecule has 4 saturated heterocycles. The molecule has 5 aromatic heterocycles. The first-order valence-electron chi connectivity index (χ1n) is 27.0. The van der Waals surface area contributed by atoms with Gasteiger partial charge in [0.1, 0.15) is 23.8 Å².